The maximum Gasteiger partial charge on any atom is 0.401 e. The molecule has 1 heterocycles. The number of carbonyl (C=O) groups excluding carboxylic acids is 1. The minimum absolute atomic E-state index is 0.0491. The van der Waals surface area contributed by atoms with Crippen LogP contribution in [0.3, 0.4) is 0 Å². The molecule has 1 saturated heterocycles. The van der Waals surface area contributed by atoms with Crippen molar-refractivity contribution >= 4 is 11.9 Å². The number of amides is 1. The van der Waals surface area contributed by atoms with Crippen LogP contribution in [-0.4, -0.2) is 68.8 Å². The van der Waals surface area contributed by atoms with E-state index in [9.17, 15) is 18.0 Å². The fourth-order valence-electron chi connectivity index (χ4n) is 2.95. The van der Waals surface area contributed by atoms with Crippen molar-refractivity contribution in [3.05, 3.63) is 35.9 Å². The average Bonchev–Trinajstić information content (AvgIpc) is 3.04. The van der Waals surface area contributed by atoms with E-state index < -0.39 is 12.7 Å². The van der Waals surface area contributed by atoms with Gasteiger partial charge in [-0.15, -0.1) is 0 Å². The second kappa shape index (κ2) is 10.1. The number of likely N-dealkylation sites (tertiary alicyclic amines) is 1. The highest BCUT2D eigenvalue weighted by Gasteiger charge is 2.34. The molecule has 1 aliphatic heterocycles. The number of halogens is 3. The van der Waals surface area contributed by atoms with Crippen molar-refractivity contribution in [2.24, 2.45) is 4.99 Å². The van der Waals surface area contributed by atoms with Crippen LogP contribution in [0, 0.1) is 0 Å². The van der Waals surface area contributed by atoms with E-state index in [0.29, 0.717) is 32.0 Å². The molecule has 27 heavy (non-hydrogen) atoms. The van der Waals surface area contributed by atoms with Gasteiger partial charge in [0.1, 0.15) is 0 Å². The minimum atomic E-state index is -4.19. The molecule has 1 fully saturated rings. The summed E-state index contributed by atoms with van der Waals surface area (Å²) >= 11 is 0. The van der Waals surface area contributed by atoms with Crippen molar-refractivity contribution in [3.63, 3.8) is 0 Å². The Balaban J connectivity index is 1.64. The lowest BCUT2D eigenvalue weighted by molar-refractivity contribution is -0.143. The van der Waals surface area contributed by atoms with Crippen LogP contribution in [0.5, 0.6) is 0 Å². The van der Waals surface area contributed by atoms with Crippen LogP contribution in [-0.2, 0) is 11.2 Å². The van der Waals surface area contributed by atoms with E-state index in [1.807, 2.05) is 30.3 Å². The first-order valence-electron chi connectivity index (χ1n) is 8.92. The summed E-state index contributed by atoms with van der Waals surface area (Å²) in [5.41, 5.74) is 1.15. The van der Waals surface area contributed by atoms with E-state index in [0.717, 1.165) is 12.0 Å². The number of aliphatic imine (C=N–C) groups is 1. The predicted molar refractivity (Wildman–Crippen MR) is 98.6 cm³/mol. The molecule has 1 unspecified atom stereocenters. The van der Waals surface area contributed by atoms with E-state index in [-0.39, 0.29) is 18.5 Å². The summed E-state index contributed by atoms with van der Waals surface area (Å²) in [6.07, 6.45) is -2.84. The highest BCUT2D eigenvalue weighted by Crippen LogP contribution is 2.19. The smallest absolute Gasteiger partial charge is 0.354 e. The van der Waals surface area contributed by atoms with Gasteiger partial charge >= 0.3 is 6.18 Å². The van der Waals surface area contributed by atoms with E-state index in [2.05, 4.69) is 20.9 Å². The van der Waals surface area contributed by atoms with Gasteiger partial charge in [-0.25, -0.2) is 0 Å². The fraction of sp³-hybridized carbons (Fsp3) is 0.556. The van der Waals surface area contributed by atoms with Gasteiger partial charge in [0.25, 0.3) is 0 Å². The first-order chi connectivity index (χ1) is 12.9. The molecule has 0 spiro atoms. The van der Waals surface area contributed by atoms with Gasteiger partial charge < -0.3 is 16.0 Å². The third-order valence-electron chi connectivity index (χ3n) is 4.23. The zero-order valence-corrected chi connectivity index (χ0v) is 15.4. The molecule has 1 atom stereocenters. The summed E-state index contributed by atoms with van der Waals surface area (Å²) < 4.78 is 37.3. The molecule has 1 aromatic carbocycles. The zero-order chi connectivity index (χ0) is 19.7. The SMILES string of the molecule is CN=C(NCC(=O)NCCc1ccccc1)NC1CCN(CC(F)(F)F)C1. The molecule has 0 bridgehead atoms. The van der Waals surface area contributed by atoms with E-state index in [1.54, 1.807) is 7.05 Å². The van der Waals surface area contributed by atoms with Crippen LogP contribution in [0.15, 0.2) is 35.3 Å². The molecule has 0 aromatic heterocycles. The van der Waals surface area contributed by atoms with Crippen molar-refractivity contribution in [2.75, 3.05) is 39.8 Å². The van der Waals surface area contributed by atoms with Gasteiger partial charge in [0.2, 0.25) is 5.91 Å². The van der Waals surface area contributed by atoms with Gasteiger partial charge in [-0.05, 0) is 18.4 Å². The van der Waals surface area contributed by atoms with Crippen LogP contribution >= 0.6 is 0 Å². The number of guanidine groups is 1. The number of hydrogen-bond acceptors (Lipinski definition) is 3. The second-order valence-electron chi connectivity index (χ2n) is 6.49. The van der Waals surface area contributed by atoms with Crippen molar-refractivity contribution in [2.45, 2.75) is 25.1 Å². The van der Waals surface area contributed by atoms with Crippen LogP contribution < -0.4 is 16.0 Å². The highest BCUT2D eigenvalue weighted by molar-refractivity contribution is 5.86. The average molecular weight is 385 g/mol. The molecular weight excluding hydrogens is 359 g/mol. The Labute approximate surface area is 157 Å². The van der Waals surface area contributed by atoms with E-state index >= 15 is 0 Å². The maximum absolute atomic E-state index is 12.4. The summed E-state index contributed by atoms with van der Waals surface area (Å²) in [7, 11) is 1.56. The second-order valence-corrected chi connectivity index (χ2v) is 6.49. The quantitative estimate of drug-likeness (QED) is 0.487. The Hall–Kier alpha value is -2.29. The van der Waals surface area contributed by atoms with Crippen molar-refractivity contribution < 1.29 is 18.0 Å². The van der Waals surface area contributed by atoms with Crippen molar-refractivity contribution in [3.8, 4) is 0 Å². The van der Waals surface area contributed by atoms with E-state index in [1.165, 1.54) is 4.90 Å². The molecule has 1 aromatic rings. The molecule has 0 saturated carbocycles. The Morgan fingerprint density at radius 2 is 2.00 bits per heavy atom. The van der Waals surface area contributed by atoms with Gasteiger partial charge in [0.05, 0.1) is 13.1 Å². The zero-order valence-electron chi connectivity index (χ0n) is 15.4. The Kier molecular flexibility index (Phi) is 7.90. The fourth-order valence-corrected chi connectivity index (χ4v) is 2.95. The van der Waals surface area contributed by atoms with Crippen LogP contribution in [0.2, 0.25) is 0 Å². The standard InChI is InChI=1S/C18H26F3N5O/c1-22-17(25-15-8-10-26(12-15)13-18(19,20)21)24-11-16(27)23-9-7-14-5-3-2-4-6-14/h2-6,15H,7-13H2,1H3,(H,23,27)(H2,22,24,25). The minimum Gasteiger partial charge on any atom is -0.354 e. The van der Waals surface area contributed by atoms with E-state index in [4.69, 9.17) is 0 Å². The van der Waals surface area contributed by atoms with Gasteiger partial charge in [0, 0.05) is 32.7 Å². The number of nitrogens with zero attached hydrogens (tertiary/aromatic N) is 2. The topological polar surface area (TPSA) is 68.8 Å². The Bertz CT molecular complexity index is 621. The monoisotopic (exact) mass is 385 g/mol. The molecule has 1 aliphatic rings. The molecule has 6 nitrogen and oxygen atoms in total. The molecule has 3 N–H and O–H groups in total. The summed E-state index contributed by atoms with van der Waals surface area (Å²) in [6.45, 7) is 0.359. The molecule has 9 heteroatoms. The molecular formula is C18H26F3N5O. The van der Waals surface area contributed by atoms with Gasteiger partial charge in [-0.3, -0.25) is 14.7 Å². The number of benzene rings is 1. The lowest BCUT2D eigenvalue weighted by Crippen LogP contribution is -2.48. The molecule has 2 rings (SSSR count). The summed E-state index contributed by atoms with van der Waals surface area (Å²) in [6, 6.07) is 9.72. The first kappa shape index (κ1) is 21.0. The third kappa shape index (κ3) is 8.29. The van der Waals surface area contributed by atoms with Gasteiger partial charge in [-0.1, -0.05) is 30.3 Å². The third-order valence-corrected chi connectivity index (χ3v) is 4.23. The summed E-state index contributed by atoms with van der Waals surface area (Å²) in [5, 5.41) is 8.78. The van der Waals surface area contributed by atoms with Crippen LogP contribution in [0.4, 0.5) is 13.2 Å². The van der Waals surface area contributed by atoms with Crippen molar-refractivity contribution in [1.82, 2.24) is 20.9 Å². The molecule has 0 radical (unpaired) electrons. The molecule has 1 amide bonds. The number of alkyl halides is 3. The lowest BCUT2D eigenvalue weighted by Gasteiger charge is -2.19. The first-order valence-corrected chi connectivity index (χ1v) is 8.92. The number of nitrogens with one attached hydrogen (secondary N) is 3. The summed E-state index contributed by atoms with van der Waals surface area (Å²) in [5.74, 6) is 0.242. The molecule has 0 aliphatic carbocycles. The van der Waals surface area contributed by atoms with Crippen LogP contribution in [0.25, 0.3) is 0 Å². The number of rotatable bonds is 7. The Morgan fingerprint density at radius 3 is 2.67 bits per heavy atom. The largest absolute Gasteiger partial charge is 0.401 e. The van der Waals surface area contributed by atoms with Crippen LogP contribution in [0.1, 0.15) is 12.0 Å². The normalized spacial score (nSPS) is 18.4. The lowest BCUT2D eigenvalue weighted by atomic mass is 10.1. The Morgan fingerprint density at radius 1 is 1.26 bits per heavy atom. The summed E-state index contributed by atoms with van der Waals surface area (Å²) in [4.78, 5) is 17.3. The van der Waals surface area contributed by atoms with Gasteiger partial charge in [-0.2, -0.15) is 13.2 Å². The molecule has 150 valence electrons. The predicted octanol–water partition coefficient (Wildman–Crippen LogP) is 1.15. The number of hydrogen-bond donors (Lipinski definition) is 3. The van der Waals surface area contributed by atoms with Gasteiger partial charge in [0.15, 0.2) is 5.96 Å². The number of carbonyl (C=O) groups is 1. The van der Waals surface area contributed by atoms with Crippen molar-refractivity contribution in [1.29, 1.82) is 0 Å². The maximum atomic E-state index is 12.4. The highest BCUT2D eigenvalue weighted by atomic mass is 19.4.